The first-order valence-electron chi connectivity index (χ1n) is 6.65. The lowest BCUT2D eigenvalue weighted by atomic mass is 10.1. The summed E-state index contributed by atoms with van der Waals surface area (Å²) in [6.07, 6.45) is 2.03. The molecule has 0 fully saturated rings. The third-order valence-corrected chi connectivity index (χ3v) is 3.84. The van der Waals surface area contributed by atoms with Crippen LogP contribution >= 0.6 is 24.2 Å². The second kappa shape index (κ2) is 6.12. The van der Waals surface area contributed by atoms with Crippen molar-refractivity contribution in [1.82, 2.24) is 10.4 Å². The molecule has 0 saturated heterocycles. The van der Waals surface area contributed by atoms with Gasteiger partial charge in [0.25, 0.3) is 0 Å². The Kier molecular flexibility index (Phi) is 4.64. The van der Waals surface area contributed by atoms with Crippen LogP contribution in [0.25, 0.3) is 10.9 Å². The van der Waals surface area contributed by atoms with Crippen molar-refractivity contribution < 1.29 is 0 Å². The summed E-state index contributed by atoms with van der Waals surface area (Å²) in [5.74, 6) is 0.837. The van der Waals surface area contributed by atoms with Crippen molar-refractivity contribution in [2.75, 3.05) is 5.75 Å². The van der Waals surface area contributed by atoms with Crippen LogP contribution in [0.3, 0.4) is 0 Å². The van der Waals surface area contributed by atoms with Crippen molar-refractivity contribution in [3.8, 4) is 0 Å². The average molecular weight is 323 g/mol. The SMILES string of the molecule is CC(C)(C)N=C1NN=C(c2c[nH]c3ccccc23)CS1.Cl. The zero-order valence-corrected chi connectivity index (χ0v) is 13.9. The summed E-state index contributed by atoms with van der Waals surface area (Å²) in [7, 11) is 0. The number of H-pyrrole nitrogens is 1. The van der Waals surface area contributed by atoms with E-state index in [4.69, 9.17) is 0 Å². The first-order chi connectivity index (χ1) is 9.53. The number of aromatic nitrogens is 1. The molecule has 0 spiro atoms. The highest BCUT2D eigenvalue weighted by Gasteiger charge is 2.18. The highest BCUT2D eigenvalue weighted by molar-refractivity contribution is 8.14. The summed E-state index contributed by atoms with van der Waals surface area (Å²) < 4.78 is 0. The molecule has 0 saturated carbocycles. The topological polar surface area (TPSA) is 52.5 Å². The van der Waals surface area contributed by atoms with Gasteiger partial charge in [0.2, 0.25) is 0 Å². The Morgan fingerprint density at radius 1 is 1.24 bits per heavy atom. The summed E-state index contributed by atoms with van der Waals surface area (Å²) in [5.41, 5.74) is 6.35. The number of amidine groups is 1. The fraction of sp³-hybridized carbons (Fsp3) is 0.333. The fourth-order valence-corrected chi connectivity index (χ4v) is 3.07. The minimum Gasteiger partial charge on any atom is -0.360 e. The minimum atomic E-state index is -0.0802. The van der Waals surface area contributed by atoms with E-state index in [9.17, 15) is 0 Å². The van der Waals surface area contributed by atoms with Gasteiger partial charge in [0, 0.05) is 28.4 Å². The molecule has 2 heterocycles. The van der Waals surface area contributed by atoms with Gasteiger partial charge in [-0.1, -0.05) is 30.0 Å². The van der Waals surface area contributed by atoms with E-state index >= 15 is 0 Å². The molecule has 21 heavy (non-hydrogen) atoms. The zero-order valence-electron chi connectivity index (χ0n) is 12.3. The molecule has 0 unspecified atom stereocenters. The van der Waals surface area contributed by atoms with Crippen molar-refractivity contribution in [3.05, 3.63) is 36.0 Å². The number of nitrogens with zero attached hydrogens (tertiary/aromatic N) is 2. The molecule has 2 aromatic rings. The molecular formula is C15H19ClN4S. The van der Waals surface area contributed by atoms with E-state index in [2.05, 4.69) is 59.5 Å². The molecule has 1 aliphatic rings. The van der Waals surface area contributed by atoms with Gasteiger partial charge in [-0.2, -0.15) is 5.10 Å². The fourth-order valence-electron chi connectivity index (χ4n) is 2.13. The summed E-state index contributed by atoms with van der Waals surface area (Å²) in [6, 6.07) is 8.28. The lowest BCUT2D eigenvalue weighted by Gasteiger charge is -2.19. The van der Waals surface area contributed by atoms with Crippen LogP contribution < -0.4 is 5.43 Å². The van der Waals surface area contributed by atoms with Crippen LogP contribution in [0, 0.1) is 0 Å². The van der Waals surface area contributed by atoms with Crippen LogP contribution in [0.2, 0.25) is 0 Å². The number of hydrogen-bond acceptors (Lipinski definition) is 3. The van der Waals surface area contributed by atoms with Crippen molar-refractivity contribution in [2.45, 2.75) is 26.3 Å². The summed E-state index contributed by atoms with van der Waals surface area (Å²) in [6.45, 7) is 6.25. The Labute approximate surface area is 134 Å². The molecule has 4 nitrogen and oxygen atoms in total. The number of hydrazone groups is 1. The average Bonchev–Trinajstić information content (AvgIpc) is 2.82. The van der Waals surface area contributed by atoms with E-state index in [0.29, 0.717) is 0 Å². The smallest absolute Gasteiger partial charge is 0.178 e. The molecule has 1 aromatic heterocycles. The number of hydrogen-bond donors (Lipinski definition) is 2. The first-order valence-corrected chi connectivity index (χ1v) is 7.63. The molecule has 0 radical (unpaired) electrons. The molecule has 6 heteroatoms. The van der Waals surface area contributed by atoms with Crippen LogP contribution in [0.4, 0.5) is 0 Å². The molecule has 1 aromatic carbocycles. The summed E-state index contributed by atoms with van der Waals surface area (Å²) >= 11 is 1.70. The second-order valence-electron chi connectivity index (χ2n) is 5.79. The number of fused-ring (bicyclic) bond motifs is 1. The normalized spacial score (nSPS) is 17.3. The Hall–Kier alpha value is -1.46. The van der Waals surface area contributed by atoms with Crippen LogP contribution in [-0.2, 0) is 0 Å². The Morgan fingerprint density at radius 3 is 2.67 bits per heavy atom. The van der Waals surface area contributed by atoms with E-state index in [-0.39, 0.29) is 17.9 Å². The van der Waals surface area contributed by atoms with E-state index in [1.54, 1.807) is 11.8 Å². The van der Waals surface area contributed by atoms with Crippen LogP contribution in [-0.4, -0.2) is 27.2 Å². The third-order valence-electron chi connectivity index (χ3n) is 2.97. The number of thioether (sulfide) groups is 1. The van der Waals surface area contributed by atoms with Crippen LogP contribution in [0.15, 0.2) is 40.6 Å². The van der Waals surface area contributed by atoms with Crippen molar-refractivity contribution >= 4 is 46.0 Å². The largest absolute Gasteiger partial charge is 0.360 e. The standard InChI is InChI=1S/C15H18N4S.ClH/c1-15(2,3)17-14-19-18-13(9-20-14)11-8-16-12-7-5-4-6-10(11)12;/h4-8,16H,9H2,1-3H3,(H,17,19);1H. The van der Waals surface area contributed by atoms with E-state index in [1.165, 1.54) is 5.39 Å². The minimum absolute atomic E-state index is 0. The maximum absolute atomic E-state index is 4.60. The molecular weight excluding hydrogens is 304 g/mol. The van der Waals surface area contributed by atoms with E-state index < -0.39 is 0 Å². The highest BCUT2D eigenvalue weighted by Crippen LogP contribution is 2.22. The van der Waals surface area contributed by atoms with Gasteiger partial charge < -0.3 is 4.98 Å². The second-order valence-corrected chi connectivity index (χ2v) is 6.76. The summed E-state index contributed by atoms with van der Waals surface area (Å²) in [4.78, 5) is 7.89. The van der Waals surface area contributed by atoms with E-state index in [1.807, 2.05) is 12.3 Å². The van der Waals surface area contributed by atoms with E-state index in [0.717, 1.165) is 27.7 Å². The number of para-hydroxylation sites is 1. The first kappa shape index (κ1) is 15.9. The predicted octanol–water partition coefficient (Wildman–Crippen LogP) is 3.78. The Bertz CT molecular complexity index is 697. The predicted molar refractivity (Wildman–Crippen MR) is 94.9 cm³/mol. The molecule has 0 bridgehead atoms. The van der Waals surface area contributed by atoms with Crippen LogP contribution in [0.5, 0.6) is 0 Å². The van der Waals surface area contributed by atoms with Gasteiger partial charge in [-0.05, 0) is 26.8 Å². The number of halogens is 1. The molecule has 1 aliphatic heterocycles. The highest BCUT2D eigenvalue weighted by atomic mass is 35.5. The van der Waals surface area contributed by atoms with Gasteiger partial charge in [-0.15, -0.1) is 12.4 Å². The Balaban J connectivity index is 0.00000161. The molecule has 2 N–H and O–H groups in total. The molecule has 0 aliphatic carbocycles. The lowest BCUT2D eigenvalue weighted by Crippen LogP contribution is -2.28. The van der Waals surface area contributed by atoms with Gasteiger partial charge in [-0.3, -0.25) is 10.4 Å². The van der Waals surface area contributed by atoms with Gasteiger partial charge in [0.15, 0.2) is 5.17 Å². The lowest BCUT2D eigenvalue weighted by molar-refractivity contribution is 0.582. The van der Waals surface area contributed by atoms with Crippen LogP contribution in [0.1, 0.15) is 26.3 Å². The van der Waals surface area contributed by atoms with Gasteiger partial charge in [-0.25, -0.2) is 0 Å². The number of nitrogens with one attached hydrogen (secondary N) is 2. The number of rotatable bonds is 1. The molecule has 112 valence electrons. The maximum atomic E-state index is 4.60. The monoisotopic (exact) mass is 322 g/mol. The quantitative estimate of drug-likeness (QED) is 0.839. The Morgan fingerprint density at radius 2 is 2.00 bits per heavy atom. The number of aliphatic imine (C=N–C) groups is 1. The molecule has 0 atom stereocenters. The van der Waals surface area contributed by atoms with Crippen molar-refractivity contribution in [3.63, 3.8) is 0 Å². The number of benzene rings is 1. The maximum Gasteiger partial charge on any atom is 0.178 e. The summed E-state index contributed by atoms with van der Waals surface area (Å²) in [5, 5.41) is 6.59. The van der Waals surface area contributed by atoms with Crippen molar-refractivity contribution in [2.24, 2.45) is 10.1 Å². The van der Waals surface area contributed by atoms with Gasteiger partial charge >= 0.3 is 0 Å². The van der Waals surface area contributed by atoms with Crippen molar-refractivity contribution in [1.29, 1.82) is 0 Å². The zero-order chi connectivity index (χ0) is 14.2. The molecule has 0 amide bonds. The van der Waals surface area contributed by atoms with Gasteiger partial charge in [0.05, 0.1) is 11.3 Å². The molecule has 3 rings (SSSR count). The number of aromatic amines is 1. The third kappa shape index (κ3) is 3.60. The van der Waals surface area contributed by atoms with Gasteiger partial charge in [0.1, 0.15) is 0 Å².